The Balaban J connectivity index is 0.00000103. The highest BCUT2D eigenvalue weighted by Gasteiger charge is 2.11. The van der Waals surface area contributed by atoms with Crippen molar-refractivity contribution in [3.05, 3.63) is 125 Å². The minimum absolute atomic E-state index is 0.375. The van der Waals surface area contributed by atoms with Gasteiger partial charge in [-0.15, -0.1) is 0 Å². The Morgan fingerprint density at radius 3 is 2.02 bits per heavy atom. The Hall–Kier alpha value is -4.67. The number of methoxy groups -OCH3 is 2. The van der Waals surface area contributed by atoms with Gasteiger partial charge >= 0.3 is 0 Å². The van der Waals surface area contributed by atoms with Crippen LogP contribution in [0.2, 0.25) is 0 Å². The van der Waals surface area contributed by atoms with E-state index in [1.165, 1.54) is 23.8 Å². The Bertz CT molecular complexity index is 1320. The van der Waals surface area contributed by atoms with Gasteiger partial charge in [0.1, 0.15) is 6.61 Å². The first-order valence-electron chi connectivity index (χ1n) is 13.1. The average molecular weight is 538 g/mol. The molecule has 0 saturated carbocycles. The largest absolute Gasteiger partial charge is 0.493 e. The van der Waals surface area contributed by atoms with E-state index in [2.05, 4.69) is 57.1 Å². The smallest absolute Gasteiger partial charge is 0.292 e. The number of carbonyl (C=O) groups excluding carboxylic acids is 1. The van der Waals surface area contributed by atoms with E-state index in [1.807, 2.05) is 60.9 Å². The molecule has 0 N–H and O–H groups in total. The van der Waals surface area contributed by atoms with Gasteiger partial charge in [0.25, 0.3) is 6.47 Å². The molecule has 0 radical (unpaired) electrons. The summed E-state index contributed by atoms with van der Waals surface area (Å²) in [7, 11) is 2.99. The van der Waals surface area contributed by atoms with E-state index in [-0.39, 0.29) is 0 Å². The molecule has 0 unspecified atom stereocenters. The number of carbonyl (C=O) groups is 1. The Kier molecular flexibility index (Phi) is 12.7. The molecule has 40 heavy (non-hydrogen) atoms. The van der Waals surface area contributed by atoms with Crippen LogP contribution in [-0.2, 0) is 35.5 Å². The van der Waals surface area contributed by atoms with E-state index in [4.69, 9.17) is 19.5 Å². The number of pyridine rings is 1. The molecule has 0 aliphatic rings. The summed E-state index contributed by atoms with van der Waals surface area (Å²) in [5.74, 6) is 1.48. The maximum atomic E-state index is 9.06. The lowest BCUT2D eigenvalue weighted by Crippen LogP contribution is -2.28. The van der Waals surface area contributed by atoms with Gasteiger partial charge in [-0.2, -0.15) is 5.26 Å². The summed E-state index contributed by atoms with van der Waals surface area (Å²) in [5, 5.41) is 9.06. The maximum Gasteiger partial charge on any atom is 0.292 e. The normalized spacial score (nSPS) is 10.2. The van der Waals surface area contributed by atoms with Crippen LogP contribution in [0.4, 0.5) is 0 Å². The van der Waals surface area contributed by atoms with Crippen LogP contribution >= 0.6 is 0 Å². The summed E-state index contributed by atoms with van der Waals surface area (Å²) in [6, 6.07) is 30.5. The molecule has 1 heterocycles. The first-order valence-corrected chi connectivity index (χ1v) is 13.1. The maximum absolute atomic E-state index is 9.06. The van der Waals surface area contributed by atoms with Crippen LogP contribution in [-0.4, -0.2) is 43.7 Å². The zero-order chi connectivity index (χ0) is 28.4. The fourth-order valence-corrected chi connectivity index (χ4v) is 4.06. The van der Waals surface area contributed by atoms with Gasteiger partial charge < -0.3 is 14.2 Å². The molecule has 0 aliphatic carbocycles. The third-order valence-electron chi connectivity index (χ3n) is 6.23. The molecular weight excluding hydrogens is 502 g/mol. The van der Waals surface area contributed by atoms with Crippen LogP contribution in [0.1, 0.15) is 27.8 Å². The van der Waals surface area contributed by atoms with Crippen LogP contribution in [0.3, 0.4) is 0 Å². The van der Waals surface area contributed by atoms with Crippen molar-refractivity contribution in [2.24, 2.45) is 0 Å². The first kappa shape index (κ1) is 29.9. The molecule has 206 valence electrons. The third-order valence-corrected chi connectivity index (χ3v) is 6.23. The lowest BCUT2D eigenvalue weighted by atomic mass is 10.1. The predicted octanol–water partition coefficient (Wildman–Crippen LogP) is 5.62. The second kappa shape index (κ2) is 17.0. The van der Waals surface area contributed by atoms with E-state index in [1.54, 1.807) is 7.11 Å². The standard InChI is InChI=1S/C31H31N3O2.C2H4O2/c1-35-31-21-29(11-12-30(31)36-24-28-5-3-2-4-6-28)23-34(20-16-26-13-17-33-18-14-26)19-15-25-7-9-27(22-32)10-8-25;1-4-2-3/h2-14,17-18,21H,15-16,19-20,23-24H2,1H3;2H,1H3. The van der Waals surface area contributed by atoms with Gasteiger partial charge in [0.15, 0.2) is 11.5 Å². The van der Waals surface area contributed by atoms with E-state index in [0.29, 0.717) is 18.6 Å². The second-order valence-electron chi connectivity index (χ2n) is 9.03. The van der Waals surface area contributed by atoms with E-state index < -0.39 is 0 Å². The highest BCUT2D eigenvalue weighted by atomic mass is 16.5. The summed E-state index contributed by atoms with van der Waals surface area (Å²) >= 11 is 0. The van der Waals surface area contributed by atoms with Crippen molar-refractivity contribution in [2.75, 3.05) is 27.3 Å². The SMILES string of the molecule is COC=O.COc1cc(CN(CCc2ccncc2)CCc2ccc(C#N)cc2)ccc1OCc1ccccc1. The molecule has 7 heteroatoms. The van der Waals surface area contributed by atoms with Gasteiger partial charge in [-0.05, 0) is 71.5 Å². The number of nitriles is 1. The van der Waals surface area contributed by atoms with Crippen LogP contribution in [0.5, 0.6) is 11.5 Å². The van der Waals surface area contributed by atoms with Gasteiger partial charge in [-0.3, -0.25) is 14.7 Å². The number of benzene rings is 3. The summed E-state index contributed by atoms with van der Waals surface area (Å²) < 4.78 is 15.6. The minimum atomic E-state index is 0.375. The molecule has 3 aromatic carbocycles. The minimum Gasteiger partial charge on any atom is -0.493 e. The monoisotopic (exact) mass is 537 g/mol. The van der Waals surface area contributed by atoms with E-state index >= 15 is 0 Å². The van der Waals surface area contributed by atoms with Crippen LogP contribution < -0.4 is 9.47 Å². The van der Waals surface area contributed by atoms with Crippen LogP contribution in [0.15, 0.2) is 97.3 Å². The van der Waals surface area contributed by atoms with E-state index in [0.717, 1.165) is 49.5 Å². The van der Waals surface area contributed by atoms with Crippen molar-refractivity contribution in [1.82, 2.24) is 9.88 Å². The predicted molar refractivity (Wildman–Crippen MR) is 155 cm³/mol. The highest BCUT2D eigenvalue weighted by molar-refractivity contribution is 5.43. The van der Waals surface area contributed by atoms with Crippen molar-refractivity contribution in [1.29, 1.82) is 5.26 Å². The molecule has 0 saturated heterocycles. The lowest BCUT2D eigenvalue weighted by Gasteiger charge is -2.23. The molecule has 0 bridgehead atoms. The van der Waals surface area contributed by atoms with Crippen molar-refractivity contribution in [3.8, 4) is 17.6 Å². The second-order valence-corrected chi connectivity index (χ2v) is 9.03. The van der Waals surface area contributed by atoms with Crippen molar-refractivity contribution in [2.45, 2.75) is 26.0 Å². The van der Waals surface area contributed by atoms with Gasteiger partial charge in [-0.1, -0.05) is 48.5 Å². The molecule has 4 rings (SSSR count). The topological polar surface area (TPSA) is 84.7 Å². The molecule has 0 atom stereocenters. The van der Waals surface area contributed by atoms with Crippen LogP contribution in [0, 0.1) is 11.3 Å². The van der Waals surface area contributed by atoms with Gasteiger partial charge in [-0.25, -0.2) is 0 Å². The zero-order valence-electron chi connectivity index (χ0n) is 23.0. The molecule has 1 aromatic heterocycles. The summed E-state index contributed by atoms with van der Waals surface area (Å²) in [5.41, 5.74) is 5.48. The Morgan fingerprint density at radius 1 is 0.800 bits per heavy atom. The van der Waals surface area contributed by atoms with Crippen molar-refractivity contribution < 1.29 is 19.0 Å². The number of hydrogen-bond acceptors (Lipinski definition) is 7. The molecule has 7 nitrogen and oxygen atoms in total. The number of hydrogen-bond donors (Lipinski definition) is 0. The highest BCUT2D eigenvalue weighted by Crippen LogP contribution is 2.29. The number of aromatic nitrogens is 1. The third kappa shape index (κ3) is 10.2. The molecule has 0 spiro atoms. The van der Waals surface area contributed by atoms with Crippen molar-refractivity contribution in [3.63, 3.8) is 0 Å². The Labute approximate surface area is 236 Å². The number of ether oxygens (including phenoxy) is 3. The van der Waals surface area contributed by atoms with Crippen LogP contribution in [0.25, 0.3) is 0 Å². The first-order chi connectivity index (χ1) is 19.6. The van der Waals surface area contributed by atoms with Gasteiger partial charge in [0.05, 0.1) is 25.9 Å². The summed E-state index contributed by atoms with van der Waals surface area (Å²) in [6.45, 7) is 3.51. The molecule has 0 aliphatic heterocycles. The lowest BCUT2D eigenvalue weighted by molar-refractivity contribution is -0.126. The van der Waals surface area contributed by atoms with Crippen molar-refractivity contribution >= 4 is 6.47 Å². The Morgan fingerprint density at radius 2 is 1.43 bits per heavy atom. The molecule has 0 fully saturated rings. The number of nitrogens with zero attached hydrogens (tertiary/aromatic N) is 3. The fourth-order valence-electron chi connectivity index (χ4n) is 4.06. The van der Waals surface area contributed by atoms with E-state index in [9.17, 15) is 0 Å². The average Bonchev–Trinajstić information content (AvgIpc) is 3.03. The van der Waals surface area contributed by atoms with Gasteiger partial charge in [0.2, 0.25) is 0 Å². The molecule has 4 aromatic rings. The molecule has 0 amide bonds. The number of rotatable bonds is 13. The summed E-state index contributed by atoms with van der Waals surface area (Å²) in [6.07, 6.45) is 5.55. The fraction of sp³-hybridized carbons (Fsp3) is 0.242. The zero-order valence-corrected chi connectivity index (χ0v) is 23.0. The van der Waals surface area contributed by atoms with Gasteiger partial charge in [0, 0.05) is 32.0 Å². The molecular formula is C33H35N3O4. The summed E-state index contributed by atoms with van der Waals surface area (Å²) in [4.78, 5) is 15.5. The quantitative estimate of drug-likeness (QED) is 0.205.